The summed E-state index contributed by atoms with van der Waals surface area (Å²) in [5, 5.41) is 5.30. The van der Waals surface area contributed by atoms with Gasteiger partial charge in [-0.05, 0) is 12.1 Å². The lowest BCUT2D eigenvalue weighted by Gasteiger charge is -2.38. The molecule has 9 nitrogen and oxygen atoms in total. The van der Waals surface area contributed by atoms with Crippen LogP contribution in [0.1, 0.15) is 12.8 Å². The molecule has 1 spiro atoms. The SMILES string of the molecule is CN1CC2(CCN(c3nc(-c4ccncc4)nc4c3cnn4C)CC2)OC1=O. The van der Waals surface area contributed by atoms with Crippen molar-refractivity contribution in [3.63, 3.8) is 0 Å². The predicted molar refractivity (Wildman–Crippen MR) is 103 cm³/mol. The smallest absolute Gasteiger partial charge is 0.410 e. The molecule has 0 saturated carbocycles. The number of nitrogens with zero attached hydrogens (tertiary/aromatic N) is 7. The van der Waals surface area contributed by atoms with Crippen molar-refractivity contribution in [1.82, 2.24) is 29.6 Å². The summed E-state index contributed by atoms with van der Waals surface area (Å²) in [6, 6.07) is 3.81. The van der Waals surface area contributed by atoms with Gasteiger partial charge in [0, 0.05) is 58.0 Å². The minimum absolute atomic E-state index is 0.231. The average Bonchev–Trinajstić information content (AvgIpc) is 3.22. The summed E-state index contributed by atoms with van der Waals surface area (Å²) in [4.78, 5) is 29.4. The molecule has 0 atom stereocenters. The van der Waals surface area contributed by atoms with Gasteiger partial charge < -0.3 is 14.5 Å². The van der Waals surface area contributed by atoms with Crippen molar-refractivity contribution < 1.29 is 9.53 Å². The minimum atomic E-state index is -0.378. The number of ether oxygens (including phenoxy) is 1. The summed E-state index contributed by atoms with van der Waals surface area (Å²) in [5.74, 6) is 1.53. The molecule has 0 bridgehead atoms. The van der Waals surface area contributed by atoms with Gasteiger partial charge in [0.15, 0.2) is 11.5 Å². The summed E-state index contributed by atoms with van der Waals surface area (Å²) in [5.41, 5.74) is 1.33. The molecule has 0 N–H and O–H groups in total. The van der Waals surface area contributed by atoms with Crippen molar-refractivity contribution in [3.05, 3.63) is 30.7 Å². The quantitative estimate of drug-likeness (QED) is 0.671. The highest BCUT2D eigenvalue weighted by atomic mass is 16.6. The van der Waals surface area contributed by atoms with Crippen molar-refractivity contribution in [1.29, 1.82) is 0 Å². The Balaban J connectivity index is 1.50. The van der Waals surface area contributed by atoms with Crippen molar-refractivity contribution in [3.8, 4) is 11.4 Å². The Hall–Kier alpha value is -3.23. The number of hydrogen-bond acceptors (Lipinski definition) is 7. The molecule has 2 saturated heterocycles. The Morgan fingerprint density at radius 3 is 2.54 bits per heavy atom. The number of likely N-dealkylation sites (N-methyl/N-ethyl adjacent to an activating group) is 1. The number of carbonyl (C=O) groups is 1. The van der Waals surface area contributed by atoms with E-state index in [4.69, 9.17) is 14.7 Å². The van der Waals surface area contributed by atoms with Gasteiger partial charge in [0.1, 0.15) is 11.4 Å². The molecular weight excluding hydrogens is 358 g/mol. The Kier molecular flexibility index (Phi) is 3.71. The Morgan fingerprint density at radius 2 is 1.86 bits per heavy atom. The van der Waals surface area contributed by atoms with Gasteiger partial charge in [-0.15, -0.1) is 0 Å². The van der Waals surface area contributed by atoms with E-state index < -0.39 is 0 Å². The van der Waals surface area contributed by atoms with E-state index in [1.807, 2.05) is 25.4 Å². The van der Waals surface area contributed by atoms with Gasteiger partial charge in [-0.1, -0.05) is 0 Å². The number of fused-ring (bicyclic) bond motifs is 1. The van der Waals surface area contributed by atoms with Crippen LogP contribution in [-0.4, -0.2) is 68.0 Å². The van der Waals surface area contributed by atoms with Crippen LogP contribution in [-0.2, 0) is 11.8 Å². The van der Waals surface area contributed by atoms with Crippen LogP contribution in [0.3, 0.4) is 0 Å². The Morgan fingerprint density at radius 1 is 1.11 bits per heavy atom. The first-order chi connectivity index (χ1) is 13.5. The second kappa shape index (κ2) is 6.15. The lowest BCUT2D eigenvalue weighted by atomic mass is 9.91. The molecule has 0 aromatic carbocycles. The highest BCUT2D eigenvalue weighted by molar-refractivity contribution is 5.88. The van der Waals surface area contributed by atoms with Crippen molar-refractivity contribution in [2.24, 2.45) is 7.05 Å². The van der Waals surface area contributed by atoms with Gasteiger partial charge in [-0.25, -0.2) is 14.8 Å². The molecule has 28 heavy (non-hydrogen) atoms. The van der Waals surface area contributed by atoms with Crippen LogP contribution in [0, 0.1) is 0 Å². The highest BCUT2D eigenvalue weighted by Crippen LogP contribution is 2.36. The van der Waals surface area contributed by atoms with Gasteiger partial charge in [-0.3, -0.25) is 9.67 Å². The van der Waals surface area contributed by atoms with Crippen LogP contribution in [0.15, 0.2) is 30.7 Å². The number of pyridine rings is 1. The van der Waals surface area contributed by atoms with Crippen molar-refractivity contribution >= 4 is 22.9 Å². The number of hydrogen-bond donors (Lipinski definition) is 0. The molecule has 3 aromatic rings. The molecule has 0 aliphatic carbocycles. The summed E-state index contributed by atoms with van der Waals surface area (Å²) in [6.07, 6.45) is 6.61. The molecule has 2 fully saturated rings. The van der Waals surface area contributed by atoms with E-state index in [0.717, 1.165) is 48.3 Å². The first-order valence-electron chi connectivity index (χ1n) is 9.34. The maximum absolute atomic E-state index is 11.8. The fraction of sp³-hybridized carbons (Fsp3) is 0.421. The van der Waals surface area contributed by atoms with Crippen LogP contribution < -0.4 is 4.90 Å². The van der Waals surface area contributed by atoms with Crippen LogP contribution in [0.4, 0.5) is 10.6 Å². The van der Waals surface area contributed by atoms with Gasteiger partial charge in [0.05, 0.1) is 18.1 Å². The topological polar surface area (TPSA) is 89.3 Å². The maximum atomic E-state index is 11.8. The molecule has 5 rings (SSSR count). The molecule has 0 radical (unpaired) electrons. The lowest BCUT2D eigenvalue weighted by molar-refractivity contribution is 0.0366. The number of carbonyl (C=O) groups excluding carboxylic acids is 1. The number of rotatable bonds is 2. The highest BCUT2D eigenvalue weighted by Gasteiger charge is 2.46. The number of amides is 1. The van der Waals surface area contributed by atoms with Crippen molar-refractivity contribution in [2.45, 2.75) is 18.4 Å². The number of aromatic nitrogens is 5. The minimum Gasteiger partial charge on any atom is -0.441 e. The molecule has 2 aliphatic heterocycles. The van der Waals surface area contributed by atoms with E-state index in [1.54, 1.807) is 29.0 Å². The monoisotopic (exact) mass is 379 g/mol. The third-order valence-electron chi connectivity index (χ3n) is 5.63. The zero-order chi connectivity index (χ0) is 19.3. The summed E-state index contributed by atoms with van der Waals surface area (Å²) in [7, 11) is 3.67. The molecular formula is C19H21N7O2. The standard InChI is InChI=1S/C19H21N7O2/c1-24-12-19(28-18(24)27)5-9-26(10-6-19)17-14-11-21-25(2)16(14)22-15(23-17)13-3-7-20-8-4-13/h3-4,7-8,11H,5-6,9-10,12H2,1-2H3. The average molecular weight is 379 g/mol. The first-order valence-corrected chi connectivity index (χ1v) is 9.34. The fourth-order valence-corrected chi connectivity index (χ4v) is 4.06. The zero-order valence-corrected chi connectivity index (χ0v) is 15.9. The second-order valence-corrected chi connectivity index (χ2v) is 7.51. The van der Waals surface area contributed by atoms with Gasteiger partial charge in [-0.2, -0.15) is 5.10 Å². The molecule has 9 heteroatoms. The second-order valence-electron chi connectivity index (χ2n) is 7.51. The molecule has 144 valence electrons. The largest absolute Gasteiger partial charge is 0.441 e. The lowest BCUT2D eigenvalue weighted by Crippen LogP contribution is -2.47. The predicted octanol–water partition coefficient (Wildman–Crippen LogP) is 1.85. The molecule has 3 aromatic heterocycles. The third-order valence-corrected chi connectivity index (χ3v) is 5.63. The maximum Gasteiger partial charge on any atom is 0.410 e. The molecule has 2 aliphatic rings. The van der Waals surface area contributed by atoms with Crippen molar-refractivity contribution in [2.75, 3.05) is 31.6 Å². The van der Waals surface area contributed by atoms with Crippen LogP contribution in [0.5, 0.6) is 0 Å². The Bertz CT molecular complexity index is 1040. The third kappa shape index (κ3) is 2.65. The summed E-state index contributed by atoms with van der Waals surface area (Å²) in [6.45, 7) is 2.17. The number of aryl methyl sites for hydroxylation is 1. The van der Waals surface area contributed by atoms with Crippen LogP contribution >= 0.6 is 0 Å². The van der Waals surface area contributed by atoms with Gasteiger partial charge in [0.25, 0.3) is 0 Å². The fourth-order valence-electron chi connectivity index (χ4n) is 4.06. The van der Waals surface area contributed by atoms with E-state index in [9.17, 15) is 4.79 Å². The number of piperidine rings is 1. The zero-order valence-electron chi connectivity index (χ0n) is 15.9. The van der Waals surface area contributed by atoms with E-state index in [-0.39, 0.29) is 11.7 Å². The van der Waals surface area contributed by atoms with E-state index in [2.05, 4.69) is 15.0 Å². The molecule has 5 heterocycles. The normalized spacial score (nSPS) is 18.9. The Labute approximate surface area is 162 Å². The molecule has 1 amide bonds. The first kappa shape index (κ1) is 16.9. The van der Waals surface area contributed by atoms with Gasteiger partial charge in [0.2, 0.25) is 0 Å². The van der Waals surface area contributed by atoms with E-state index >= 15 is 0 Å². The van der Waals surface area contributed by atoms with Gasteiger partial charge >= 0.3 is 6.09 Å². The van der Waals surface area contributed by atoms with Crippen LogP contribution in [0.25, 0.3) is 22.4 Å². The summed E-state index contributed by atoms with van der Waals surface area (Å²) >= 11 is 0. The van der Waals surface area contributed by atoms with E-state index in [0.29, 0.717) is 12.4 Å². The van der Waals surface area contributed by atoms with E-state index in [1.165, 1.54) is 0 Å². The van der Waals surface area contributed by atoms with Crippen LogP contribution in [0.2, 0.25) is 0 Å². The molecule has 0 unspecified atom stereocenters. The summed E-state index contributed by atoms with van der Waals surface area (Å²) < 4.78 is 7.44. The number of anilines is 1.